The van der Waals surface area contributed by atoms with Crippen molar-refractivity contribution in [1.29, 1.82) is 0 Å². The van der Waals surface area contributed by atoms with Gasteiger partial charge in [0.1, 0.15) is 30.2 Å². The van der Waals surface area contributed by atoms with Gasteiger partial charge in [-0.3, -0.25) is 0 Å². The highest BCUT2D eigenvalue weighted by Crippen LogP contribution is 2.24. The van der Waals surface area contributed by atoms with Gasteiger partial charge < -0.3 is 9.47 Å². The zero-order valence-corrected chi connectivity index (χ0v) is 14.5. The second-order valence-electron chi connectivity index (χ2n) is 6.20. The average molecular weight is 321 g/mol. The SMILES string of the molecule is Cc1ccc2cccc(OCCOc3cccc(C(C)C)c3)c2n1. The van der Waals surface area contributed by atoms with Crippen LogP contribution in [0.2, 0.25) is 0 Å². The van der Waals surface area contributed by atoms with Crippen molar-refractivity contribution < 1.29 is 9.47 Å². The summed E-state index contributed by atoms with van der Waals surface area (Å²) >= 11 is 0. The molecular weight excluding hydrogens is 298 g/mol. The zero-order valence-electron chi connectivity index (χ0n) is 14.5. The van der Waals surface area contributed by atoms with Crippen LogP contribution in [-0.4, -0.2) is 18.2 Å². The first kappa shape index (κ1) is 16.3. The quantitative estimate of drug-likeness (QED) is 0.590. The summed E-state index contributed by atoms with van der Waals surface area (Å²) in [7, 11) is 0. The van der Waals surface area contributed by atoms with Gasteiger partial charge in [0.2, 0.25) is 0 Å². The van der Waals surface area contributed by atoms with Crippen LogP contribution >= 0.6 is 0 Å². The molecule has 0 amide bonds. The Balaban J connectivity index is 1.61. The molecule has 1 aromatic heterocycles. The highest BCUT2D eigenvalue weighted by Gasteiger charge is 2.05. The molecule has 0 atom stereocenters. The number of fused-ring (bicyclic) bond motifs is 1. The van der Waals surface area contributed by atoms with Crippen molar-refractivity contribution in [3.05, 3.63) is 65.9 Å². The molecule has 3 rings (SSSR count). The van der Waals surface area contributed by atoms with Gasteiger partial charge >= 0.3 is 0 Å². The number of nitrogens with zero attached hydrogens (tertiary/aromatic N) is 1. The van der Waals surface area contributed by atoms with Gasteiger partial charge in [0.15, 0.2) is 0 Å². The number of rotatable bonds is 6. The second-order valence-corrected chi connectivity index (χ2v) is 6.20. The van der Waals surface area contributed by atoms with E-state index < -0.39 is 0 Å². The Morgan fingerprint density at radius 1 is 0.917 bits per heavy atom. The largest absolute Gasteiger partial charge is 0.490 e. The van der Waals surface area contributed by atoms with E-state index in [9.17, 15) is 0 Å². The molecule has 0 saturated carbocycles. The first-order valence-electron chi connectivity index (χ1n) is 8.35. The summed E-state index contributed by atoms with van der Waals surface area (Å²) in [5.41, 5.74) is 3.17. The number of hydrogen-bond donors (Lipinski definition) is 0. The molecule has 0 saturated heterocycles. The van der Waals surface area contributed by atoms with Crippen molar-refractivity contribution in [1.82, 2.24) is 4.98 Å². The Morgan fingerprint density at radius 2 is 1.71 bits per heavy atom. The first-order valence-corrected chi connectivity index (χ1v) is 8.35. The van der Waals surface area contributed by atoms with E-state index in [1.807, 2.05) is 43.3 Å². The summed E-state index contributed by atoms with van der Waals surface area (Å²) in [6.07, 6.45) is 0. The predicted molar refractivity (Wildman–Crippen MR) is 98.0 cm³/mol. The van der Waals surface area contributed by atoms with E-state index in [4.69, 9.17) is 9.47 Å². The molecule has 0 aliphatic heterocycles. The molecule has 3 aromatic rings. The van der Waals surface area contributed by atoms with E-state index in [1.54, 1.807) is 0 Å². The molecule has 0 aliphatic rings. The van der Waals surface area contributed by atoms with E-state index in [1.165, 1.54) is 5.56 Å². The molecule has 1 heterocycles. The third kappa shape index (κ3) is 3.85. The monoisotopic (exact) mass is 321 g/mol. The van der Waals surface area contributed by atoms with Crippen molar-refractivity contribution >= 4 is 10.9 Å². The Hall–Kier alpha value is -2.55. The van der Waals surface area contributed by atoms with Gasteiger partial charge in [-0.1, -0.05) is 44.2 Å². The van der Waals surface area contributed by atoms with Crippen molar-refractivity contribution in [3.63, 3.8) is 0 Å². The van der Waals surface area contributed by atoms with Crippen molar-refractivity contribution in [2.45, 2.75) is 26.7 Å². The van der Waals surface area contributed by atoms with Crippen LogP contribution in [0, 0.1) is 6.92 Å². The Bertz CT molecular complexity index is 827. The van der Waals surface area contributed by atoms with E-state index in [0.29, 0.717) is 19.1 Å². The number of hydrogen-bond acceptors (Lipinski definition) is 3. The molecule has 3 heteroatoms. The number of para-hydroxylation sites is 1. The highest BCUT2D eigenvalue weighted by molar-refractivity contribution is 5.84. The van der Waals surface area contributed by atoms with Gasteiger partial charge in [-0.05, 0) is 42.7 Å². The number of aryl methyl sites for hydroxylation is 1. The zero-order chi connectivity index (χ0) is 16.9. The van der Waals surface area contributed by atoms with Gasteiger partial charge in [-0.25, -0.2) is 4.98 Å². The summed E-state index contributed by atoms with van der Waals surface area (Å²) in [6.45, 7) is 7.33. The van der Waals surface area contributed by atoms with Gasteiger partial charge in [-0.15, -0.1) is 0 Å². The van der Waals surface area contributed by atoms with Crippen LogP contribution in [0.25, 0.3) is 10.9 Å². The molecule has 0 fully saturated rings. The van der Waals surface area contributed by atoms with Crippen molar-refractivity contribution in [2.24, 2.45) is 0 Å². The summed E-state index contributed by atoms with van der Waals surface area (Å²) in [5.74, 6) is 2.18. The minimum atomic E-state index is 0.487. The third-order valence-electron chi connectivity index (χ3n) is 3.96. The predicted octanol–water partition coefficient (Wildman–Crippen LogP) is 5.12. The molecule has 0 spiro atoms. The van der Waals surface area contributed by atoms with E-state index in [2.05, 4.69) is 37.0 Å². The Labute approximate surface area is 143 Å². The fourth-order valence-electron chi connectivity index (χ4n) is 2.61. The van der Waals surface area contributed by atoms with Crippen LogP contribution in [0.3, 0.4) is 0 Å². The van der Waals surface area contributed by atoms with Crippen molar-refractivity contribution in [2.75, 3.05) is 13.2 Å². The molecule has 0 unspecified atom stereocenters. The summed E-state index contributed by atoms with van der Waals surface area (Å²) < 4.78 is 11.7. The maximum absolute atomic E-state index is 5.89. The summed E-state index contributed by atoms with van der Waals surface area (Å²) in [6, 6.07) is 18.3. The molecule has 3 nitrogen and oxygen atoms in total. The number of benzene rings is 2. The second kappa shape index (κ2) is 7.35. The number of aromatic nitrogens is 1. The normalized spacial score (nSPS) is 11.0. The summed E-state index contributed by atoms with van der Waals surface area (Å²) in [5, 5.41) is 1.09. The first-order chi connectivity index (χ1) is 11.6. The van der Waals surface area contributed by atoms with Crippen LogP contribution < -0.4 is 9.47 Å². The average Bonchev–Trinajstić information content (AvgIpc) is 2.59. The lowest BCUT2D eigenvalue weighted by atomic mass is 10.0. The van der Waals surface area contributed by atoms with E-state index in [-0.39, 0.29) is 0 Å². The molecule has 0 radical (unpaired) electrons. The van der Waals surface area contributed by atoms with Gasteiger partial charge in [-0.2, -0.15) is 0 Å². The topological polar surface area (TPSA) is 31.4 Å². The molecule has 2 aromatic carbocycles. The van der Waals surface area contributed by atoms with Crippen LogP contribution in [0.15, 0.2) is 54.6 Å². The van der Waals surface area contributed by atoms with Crippen LogP contribution in [-0.2, 0) is 0 Å². The minimum Gasteiger partial charge on any atom is -0.490 e. The highest BCUT2D eigenvalue weighted by atomic mass is 16.5. The number of ether oxygens (including phenoxy) is 2. The summed E-state index contributed by atoms with van der Waals surface area (Å²) in [4.78, 5) is 4.58. The van der Waals surface area contributed by atoms with Crippen LogP contribution in [0.5, 0.6) is 11.5 Å². The lowest BCUT2D eigenvalue weighted by molar-refractivity contribution is 0.218. The van der Waals surface area contributed by atoms with E-state index >= 15 is 0 Å². The van der Waals surface area contributed by atoms with Crippen LogP contribution in [0.1, 0.15) is 31.0 Å². The maximum Gasteiger partial charge on any atom is 0.145 e. The molecule has 124 valence electrons. The minimum absolute atomic E-state index is 0.487. The lowest BCUT2D eigenvalue weighted by Gasteiger charge is -2.12. The van der Waals surface area contributed by atoms with Crippen LogP contribution in [0.4, 0.5) is 0 Å². The lowest BCUT2D eigenvalue weighted by Crippen LogP contribution is -2.09. The van der Waals surface area contributed by atoms with Gasteiger partial charge in [0.05, 0.1) is 0 Å². The fourth-order valence-corrected chi connectivity index (χ4v) is 2.61. The molecule has 24 heavy (non-hydrogen) atoms. The fraction of sp³-hybridized carbons (Fsp3) is 0.286. The Kier molecular flexibility index (Phi) is 4.99. The maximum atomic E-state index is 5.89. The van der Waals surface area contributed by atoms with E-state index in [0.717, 1.165) is 28.1 Å². The van der Waals surface area contributed by atoms with Gasteiger partial charge in [0, 0.05) is 11.1 Å². The van der Waals surface area contributed by atoms with Gasteiger partial charge in [0.25, 0.3) is 0 Å². The smallest absolute Gasteiger partial charge is 0.145 e. The molecule has 0 N–H and O–H groups in total. The third-order valence-corrected chi connectivity index (χ3v) is 3.96. The standard InChI is InChI=1S/C21H23NO2/c1-15(2)18-7-4-8-19(14-18)23-12-13-24-20-9-5-6-17-11-10-16(3)22-21(17)20/h4-11,14-15H,12-13H2,1-3H3. The number of pyridine rings is 1. The van der Waals surface area contributed by atoms with Crippen molar-refractivity contribution in [3.8, 4) is 11.5 Å². The molecular formula is C21H23NO2. The molecule has 0 bridgehead atoms. The Morgan fingerprint density at radius 3 is 2.54 bits per heavy atom. The molecule has 0 aliphatic carbocycles.